The molecule has 1 aromatic heterocycles. The van der Waals surface area contributed by atoms with E-state index in [1.165, 1.54) is 0 Å². The van der Waals surface area contributed by atoms with Crippen molar-refractivity contribution in [2.24, 2.45) is 0 Å². The minimum atomic E-state index is 0.161. The van der Waals surface area contributed by atoms with Crippen LogP contribution < -0.4 is 15.4 Å². The van der Waals surface area contributed by atoms with Crippen molar-refractivity contribution in [3.05, 3.63) is 22.8 Å². The molecule has 0 saturated heterocycles. The number of pyridine rings is 1. The molecule has 1 unspecified atom stereocenters. The molecule has 0 aromatic carbocycles. The number of aromatic nitrogens is 1. The molecule has 0 radical (unpaired) electrons. The Kier molecular flexibility index (Phi) is 2.13. The average molecular weight is 244 g/mol. The summed E-state index contributed by atoms with van der Waals surface area (Å²) in [5.41, 5.74) is 3.27. The Morgan fingerprint density at radius 2 is 2.31 bits per heavy atom. The van der Waals surface area contributed by atoms with Gasteiger partial charge in [0.05, 0.1) is 0 Å². The van der Waals surface area contributed by atoms with Crippen molar-refractivity contribution < 1.29 is 4.68 Å². The van der Waals surface area contributed by atoms with E-state index in [0.29, 0.717) is 0 Å². The molecular formula is C8H12BrN4+. The van der Waals surface area contributed by atoms with E-state index >= 15 is 0 Å². The molecule has 0 amide bonds. The number of anilines is 1. The molecular weight excluding hydrogens is 232 g/mol. The number of hydrogen-bond donors (Lipinski definition) is 2. The predicted octanol–water partition coefficient (Wildman–Crippen LogP) is 0.551. The second-order valence-electron chi connectivity index (χ2n) is 3.24. The van der Waals surface area contributed by atoms with Crippen LogP contribution in [-0.4, -0.2) is 25.3 Å². The Bertz CT molecular complexity index is 326. The zero-order valence-electron chi connectivity index (χ0n) is 7.58. The molecule has 0 bridgehead atoms. The van der Waals surface area contributed by atoms with Crippen molar-refractivity contribution in [3.8, 4) is 0 Å². The highest BCUT2D eigenvalue weighted by Gasteiger charge is 2.28. The topological polar surface area (TPSA) is 31.2 Å². The largest absolute Gasteiger partial charge is 0.301 e. The lowest BCUT2D eigenvalue weighted by Crippen LogP contribution is -2.49. The van der Waals surface area contributed by atoms with Gasteiger partial charge in [-0.1, -0.05) is 15.9 Å². The summed E-state index contributed by atoms with van der Waals surface area (Å²) in [6.07, 6.45) is 2.14. The predicted molar refractivity (Wildman–Crippen MR) is 54.8 cm³/mol. The lowest BCUT2D eigenvalue weighted by atomic mass is 10.5. The van der Waals surface area contributed by atoms with Crippen molar-refractivity contribution >= 4 is 21.7 Å². The molecule has 5 heteroatoms. The molecule has 1 aliphatic rings. The van der Waals surface area contributed by atoms with Crippen LogP contribution in [0.3, 0.4) is 0 Å². The van der Waals surface area contributed by atoms with Crippen molar-refractivity contribution in [1.29, 1.82) is 0 Å². The number of hydrogen-bond acceptors (Lipinski definition) is 3. The van der Waals surface area contributed by atoms with Crippen LogP contribution >= 0.6 is 15.9 Å². The van der Waals surface area contributed by atoms with Crippen LogP contribution in [0.4, 0.5) is 5.82 Å². The molecule has 1 aliphatic heterocycles. The molecule has 1 atom stereocenters. The normalized spacial score (nSPS) is 19.5. The fourth-order valence-corrected chi connectivity index (χ4v) is 1.58. The Morgan fingerprint density at radius 1 is 1.54 bits per heavy atom. The van der Waals surface area contributed by atoms with E-state index in [-0.39, 0.29) is 6.29 Å². The monoisotopic (exact) mass is 243 g/mol. The van der Waals surface area contributed by atoms with Crippen LogP contribution in [0, 0.1) is 0 Å². The summed E-state index contributed by atoms with van der Waals surface area (Å²) in [6.45, 7) is 0. The van der Waals surface area contributed by atoms with Gasteiger partial charge in [0.15, 0.2) is 0 Å². The summed E-state index contributed by atoms with van der Waals surface area (Å²) >= 11 is 3.43. The summed E-state index contributed by atoms with van der Waals surface area (Å²) in [4.78, 5) is 2.07. The number of halogens is 1. The van der Waals surface area contributed by atoms with Crippen LogP contribution in [0.25, 0.3) is 0 Å². The van der Waals surface area contributed by atoms with Gasteiger partial charge in [-0.3, -0.25) is 4.90 Å². The number of fused-ring (bicyclic) bond motifs is 1. The highest BCUT2D eigenvalue weighted by Crippen LogP contribution is 2.14. The maximum absolute atomic E-state index is 3.43. The third-order valence-corrected chi connectivity index (χ3v) is 2.47. The first kappa shape index (κ1) is 8.77. The zero-order valence-corrected chi connectivity index (χ0v) is 9.17. The molecule has 2 heterocycles. The zero-order chi connectivity index (χ0) is 9.42. The number of nitrogens with zero attached hydrogens (tertiary/aromatic N) is 2. The molecule has 0 fully saturated rings. The van der Waals surface area contributed by atoms with E-state index in [1.807, 2.05) is 37.1 Å². The van der Waals surface area contributed by atoms with Gasteiger partial charge in [-0.05, 0) is 20.2 Å². The van der Waals surface area contributed by atoms with Crippen LogP contribution in [0.15, 0.2) is 22.8 Å². The summed E-state index contributed by atoms with van der Waals surface area (Å²) in [6, 6.07) is 4.03. The van der Waals surface area contributed by atoms with Gasteiger partial charge in [0, 0.05) is 10.5 Å². The van der Waals surface area contributed by atoms with Crippen LogP contribution in [0.2, 0.25) is 0 Å². The minimum absolute atomic E-state index is 0.161. The van der Waals surface area contributed by atoms with E-state index in [1.54, 1.807) is 0 Å². The highest BCUT2D eigenvalue weighted by atomic mass is 79.9. The first-order chi connectivity index (χ1) is 6.16. The van der Waals surface area contributed by atoms with Crippen LogP contribution in [0.1, 0.15) is 0 Å². The average Bonchev–Trinajstić information content (AvgIpc) is 2.46. The van der Waals surface area contributed by atoms with Gasteiger partial charge in [0.2, 0.25) is 0 Å². The minimum Gasteiger partial charge on any atom is -0.251 e. The van der Waals surface area contributed by atoms with E-state index in [2.05, 4.69) is 31.6 Å². The summed E-state index contributed by atoms with van der Waals surface area (Å²) in [5, 5.41) is 3.32. The SMILES string of the molecule is CN(C)C1Nc2cc(Br)cc[n+]2N1. The van der Waals surface area contributed by atoms with Crippen molar-refractivity contribution in [3.63, 3.8) is 0 Å². The lowest BCUT2D eigenvalue weighted by Gasteiger charge is -2.13. The van der Waals surface area contributed by atoms with Crippen molar-refractivity contribution in [1.82, 2.24) is 4.90 Å². The molecule has 4 nitrogen and oxygen atoms in total. The van der Waals surface area contributed by atoms with Crippen LogP contribution in [0.5, 0.6) is 0 Å². The fraction of sp³-hybridized carbons (Fsp3) is 0.375. The second kappa shape index (κ2) is 3.16. The van der Waals surface area contributed by atoms with Gasteiger partial charge in [-0.2, -0.15) is 5.43 Å². The Morgan fingerprint density at radius 3 is 3.00 bits per heavy atom. The smallest absolute Gasteiger partial charge is 0.251 e. The maximum Gasteiger partial charge on any atom is 0.301 e. The summed E-state index contributed by atoms with van der Waals surface area (Å²) in [5.74, 6) is 1.06. The standard InChI is InChI=1S/C8H11BrN4/c1-12(2)8-10-7-5-6(9)3-4-13(7)11-8/h3-5,8,11H,1-2H3/p+1. The van der Waals surface area contributed by atoms with Crippen LogP contribution in [-0.2, 0) is 0 Å². The molecule has 0 aliphatic carbocycles. The van der Waals surface area contributed by atoms with Gasteiger partial charge in [0.25, 0.3) is 6.29 Å². The second-order valence-corrected chi connectivity index (χ2v) is 4.16. The van der Waals surface area contributed by atoms with Crippen molar-refractivity contribution in [2.45, 2.75) is 6.29 Å². The van der Waals surface area contributed by atoms with Gasteiger partial charge >= 0.3 is 5.82 Å². The Balaban J connectivity index is 2.25. The molecule has 0 saturated carbocycles. The molecule has 2 N–H and O–H groups in total. The van der Waals surface area contributed by atoms with Gasteiger partial charge in [-0.25, -0.2) is 5.32 Å². The first-order valence-electron chi connectivity index (χ1n) is 4.07. The third-order valence-electron chi connectivity index (χ3n) is 1.98. The van der Waals surface area contributed by atoms with Gasteiger partial charge < -0.3 is 0 Å². The maximum atomic E-state index is 3.43. The van der Waals surface area contributed by atoms with Gasteiger partial charge in [0.1, 0.15) is 6.20 Å². The number of nitrogens with one attached hydrogen (secondary N) is 2. The quantitative estimate of drug-likeness (QED) is 0.707. The Labute approximate surface area is 85.6 Å². The summed E-state index contributed by atoms with van der Waals surface area (Å²) in [7, 11) is 4.04. The molecule has 0 spiro atoms. The van der Waals surface area contributed by atoms with Crippen molar-refractivity contribution in [2.75, 3.05) is 24.8 Å². The lowest BCUT2D eigenvalue weighted by molar-refractivity contribution is -0.630. The van der Waals surface area contributed by atoms with E-state index < -0.39 is 0 Å². The third kappa shape index (κ3) is 1.62. The molecule has 1 aromatic rings. The van der Waals surface area contributed by atoms with Gasteiger partial charge in [-0.15, -0.1) is 4.68 Å². The Hall–Kier alpha value is -0.810. The van der Waals surface area contributed by atoms with E-state index in [4.69, 9.17) is 0 Å². The molecule has 2 rings (SSSR count). The highest BCUT2D eigenvalue weighted by molar-refractivity contribution is 9.10. The number of rotatable bonds is 1. The molecule has 70 valence electrons. The molecule has 13 heavy (non-hydrogen) atoms. The van der Waals surface area contributed by atoms with E-state index in [9.17, 15) is 0 Å². The van der Waals surface area contributed by atoms with E-state index in [0.717, 1.165) is 10.3 Å². The first-order valence-corrected chi connectivity index (χ1v) is 4.87. The summed E-state index contributed by atoms with van der Waals surface area (Å²) < 4.78 is 3.04. The fourth-order valence-electron chi connectivity index (χ4n) is 1.25.